The molecule has 0 aliphatic carbocycles. The molecule has 1 aliphatic rings. The molecule has 1 unspecified atom stereocenters. The largest absolute Gasteiger partial charge is 0.315 e. The highest BCUT2D eigenvalue weighted by Crippen LogP contribution is 2.20. The predicted molar refractivity (Wildman–Crippen MR) is 69.7 cm³/mol. The van der Waals surface area contributed by atoms with Crippen LogP contribution in [0.4, 0.5) is 0 Å². The molecule has 1 fully saturated rings. The van der Waals surface area contributed by atoms with Crippen molar-refractivity contribution >= 4 is 10.0 Å². The van der Waals surface area contributed by atoms with Crippen molar-refractivity contribution in [3.05, 3.63) is 24.5 Å². The van der Waals surface area contributed by atoms with E-state index in [0.717, 1.165) is 25.9 Å². The molecule has 100 valence electrons. The smallest absolute Gasteiger partial charge is 0.244 e. The molecule has 18 heavy (non-hydrogen) atoms. The number of nitrogens with one attached hydrogen (secondary N) is 1. The maximum atomic E-state index is 12.6. The standard InChI is InChI=1S/C12H19N3O2S/c1-2-8-15(11-5-7-14-9-11)18(16,17)12-4-3-6-13-10-12/h3-4,6,10-11,14H,2,5,7-9H2,1H3. The number of hydrogen-bond donors (Lipinski definition) is 1. The summed E-state index contributed by atoms with van der Waals surface area (Å²) in [6.45, 7) is 4.17. The molecule has 1 aliphatic heterocycles. The second kappa shape index (κ2) is 5.77. The second-order valence-electron chi connectivity index (χ2n) is 4.45. The molecular formula is C12H19N3O2S. The van der Waals surface area contributed by atoms with Gasteiger partial charge in [0.05, 0.1) is 0 Å². The lowest BCUT2D eigenvalue weighted by atomic mass is 10.2. The Labute approximate surface area is 108 Å². The van der Waals surface area contributed by atoms with Gasteiger partial charge in [0.2, 0.25) is 10.0 Å². The van der Waals surface area contributed by atoms with Gasteiger partial charge in [-0.15, -0.1) is 0 Å². The van der Waals surface area contributed by atoms with Crippen LogP contribution >= 0.6 is 0 Å². The molecule has 2 rings (SSSR count). The van der Waals surface area contributed by atoms with E-state index in [4.69, 9.17) is 0 Å². The monoisotopic (exact) mass is 269 g/mol. The number of nitrogens with zero attached hydrogens (tertiary/aromatic N) is 2. The summed E-state index contributed by atoms with van der Waals surface area (Å²) < 4.78 is 26.8. The van der Waals surface area contributed by atoms with Gasteiger partial charge < -0.3 is 5.32 Å². The van der Waals surface area contributed by atoms with Crippen LogP contribution < -0.4 is 5.32 Å². The van der Waals surface area contributed by atoms with E-state index in [0.29, 0.717) is 6.54 Å². The number of aromatic nitrogens is 1. The van der Waals surface area contributed by atoms with Gasteiger partial charge in [0.25, 0.3) is 0 Å². The maximum Gasteiger partial charge on any atom is 0.244 e. The van der Waals surface area contributed by atoms with Crippen LogP contribution in [0.1, 0.15) is 19.8 Å². The minimum Gasteiger partial charge on any atom is -0.315 e. The highest BCUT2D eigenvalue weighted by atomic mass is 32.2. The first-order valence-corrected chi connectivity index (χ1v) is 7.73. The molecule has 1 aromatic heterocycles. The molecule has 1 saturated heterocycles. The van der Waals surface area contributed by atoms with Crippen molar-refractivity contribution in [2.75, 3.05) is 19.6 Å². The molecule has 0 bridgehead atoms. The molecule has 1 N–H and O–H groups in total. The Kier molecular flexibility index (Phi) is 4.31. The van der Waals surface area contributed by atoms with Gasteiger partial charge in [-0.05, 0) is 31.5 Å². The molecule has 0 amide bonds. The normalized spacial score (nSPS) is 20.4. The fraction of sp³-hybridized carbons (Fsp3) is 0.583. The zero-order valence-corrected chi connectivity index (χ0v) is 11.4. The van der Waals surface area contributed by atoms with Gasteiger partial charge in [-0.25, -0.2) is 8.42 Å². The zero-order valence-electron chi connectivity index (χ0n) is 10.5. The zero-order chi connectivity index (χ0) is 13.0. The van der Waals surface area contributed by atoms with Crippen LogP contribution in [0.5, 0.6) is 0 Å². The highest BCUT2D eigenvalue weighted by molar-refractivity contribution is 7.89. The van der Waals surface area contributed by atoms with E-state index >= 15 is 0 Å². The SMILES string of the molecule is CCCN(C1CCNC1)S(=O)(=O)c1cccnc1. The van der Waals surface area contributed by atoms with Crippen molar-refractivity contribution in [3.8, 4) is 0 Å². The van der Waals surface area contributed by atoms with Gasteiger partial charge in [0.15, 0.2) is 0 Å². The van der Waals surface area contributed by atoms with Crippen molar-refractivity contribution in [1.82, 2.24) is 14.6 Å². The number of sulfonamides is 1. The summed E-state index contributed by atoms with van der Waals surface area (Å²) in [5, 5.41) is 3.21. The third-order valence-corrected chi connectivity index (χ3v) is 5.06. The third kappa shape index (κ3) is 2.71. The molecule has 0 radical (unpaired) electrons. The summed E-state index contributed by atoms with van der Waals surface area (Å²) in [6, 6.07) is 3.33. The van der Waals surface area contributed by atoms with Crippen LogP contribution in [-0.2, 0) is 10.0 Å². The average molecular weight is 269 g/mol. The Bertz CT molecular complexity index is 469. The average Bonchev–Trinajstić information content (AvgIpc) is 2.90. The van der Waals surface area contributed by atoms with Gasteiger partial charge in [-0.2, -0.15) is 4.31 Å². The van der Waals surface area contributed by atoms with Crippen LogP contribution in [0, 0.1) is 0 Å². The molecule has 0 spiro atoms. The summed E-state index contributed by atoms with van der Waals surface area (Å²) in [5.41, 5.74) is 0. The number of rotatable bonds is 5. The van der Waals surface area contributed by atoms with Crippen molar-refractivity contribution in [3.63, 3.8) is 0 Å². The second-order valence-corrected chi connectivity index (χ2v) is 6.34. The number of hydrogen-bond acceptors (Lipinski definition) is 4. The fourth-order valence-electron chi connectivity index (χ4n) is 2.24. The summed E-state index contributed by atoms with van der Waals surface area (Å²) in [4.78, 5) is 4.18. The fourth-order valence-corrected chi connectivity index (χ4v) is 3.95. The summed E-state index contributed by atoms with van der Waals surface area (Å²) in [7, 11) is -3.42. The molecule has 1 aromatic rings. The molecule has 0 aromatic carbocycles. The van der Waals surface area contributed by atoms with Gasteiger partial charge in [0.1, 0.15) is 4.90 Å². The molecule has 1 atom stereocenters. The summed E-state index contributed by atoms with van der Waals surface area (Å²) in [5.74, 6) is 0. The van der Waals surface area contributed by atoms with Gasteiger partial charge in [0, 0.05) is 31.5 Å². The van der Waals surface area contributed by atoms with Crippen molar-refractivity contribution in [2.45, 2.75) is 30.7 Å². The first-order chi connectivity index (χ1) is 8.66. The number of pyridine rings is 1. The Morgan fingerprint density at radius 1 is 1.56 bits per heavy atom. The van der Waals surface area contributed by atoms with E-state index < -0.39 is 10.0 Å². The molecule has 2 heterocycles. The van der Waals surface area contributed by atoms with Gasteiger partial charge in [-0.1, -0.05) is 6.92 Å². The van der Waals surface area contributed by atoms with Crippen LogP contribution in [0.15, 0.2) is 29.4 Å². The topological polar surface area (TPSA) is 62.3 Å². The van der Waals surface area contributed by atoms with Crippen molar-refractivity contribution in [1.29, 1.82) is 0 Å². The van der Waals surface area contributed by atoms with E-state index in [1.807, 2.05) is 6.92 Å². The van der Waals surface area contributed by atoms with E-state index in [1.54, 1.807) is 22.6 Å². The van der Waals surface area contributed by atoms with Crippen molar-refractivity contribution < 1.29 is 8.42 Å². The lowest BCUT2D eigenvalue weighted by Gasteiger charge is -2.27. The van der Waals surface area contributed by atoms with Crippen LogP contribution in [-0.4, -0.2) is 43.4 Å². The Morgan fingerprint density at radius 3 is 2.94 bits per heavy atom. The maximum absolute atomic E-state index is 12.6. The van der Waals surface area contributed by atoms with E-state index in [2.05, 4.69) is 10.3 Å². The summed E-state index contributed by atoms with van der Waals surface area (Å²) in [6.07, 6.45) is 4.69. The Balaban J connectivity index is 2.29. The highest BCUT2D eigenvalue weighted by Gasteiger charge is 2.32. The molecule has 0 saturated carbocycles. The molecular weight excluding hydrogens is 250 g/mol. The van der Waals surface area contributed by atoms with Crippen molar-refractivity contribution in [2.24, 2.45) is 0 Å². The first-order valence-electron chi connectivity index (χ1n) is 6.29. The minimum absolute atomic E-state index is 0.0650. The third-order valence-electron chi connectivity index (χ3n) is 3.13. The van der Waals surface area contributed by atoms with E-state index in [1.165, 1.54) is 6.20 Å². The van der Waals surface area contributed by atoms with Gasteiger partial charge in [-0.3, -0.25) is 4.98 Å². The minimum atomic E-state index is -3.42. The summed E-state index contributed by atoms with van der Waals surface area (Å²) >= 11 is 0. The lowest BCUT2D eigenvalue weighted by molar-refractivity contribution is 0.335. The van der Waals surface area contributed by atoms with Gasteiger partial charge >= 0.3 is 0 Å². The van der Waals surface area contributed by atoms with Crippen LogP contribution in [0.2, 0.25) is 0 Å². The van der Waals surface area contributed by atoms with E-state index in [-0.39, 0.29) is 10.9 Å². The van der Waals surface area contributed by atoms with Crippen LogP contribution in [0.3, 0.4) is 0 Å². The lowest BCUT2D eigenvalue weighted by Crippen LogP contribution is -2.42. The van der Waals surface area contributed by atoms with Crippen LogP contribution in [0.25, 0.3) is 0 Å². The molecule has 5 nitrogen and oxygen atoms in total. The Hall–Kier alpha value is -0.980. The predicted octanol–water partition coefficient (Wildman–Crippen LogP) is 0.844. The Morgan fingerprint density at radius 2 is 2.39 bits per heavy atom. The molecule has 6 heteroatoms. The first kappa shape index (κ1) is 13.5. The van der Waals surface area contributed by atoms with E-state index in [9.17, 15) is 8.42 Å². The quantitative estimate of drug-likeness (QED) is 0.860.